The lowest BCUT2D eigenvalue weighted by Gasteiger charge is -2.41. The third kappa shape index (κ3) is 4.46. The first kappa shape index (κ1) is 24.2. The Kier molecular flexibility index (Phi) is 5.94. The van der Waals surface area contributed by atoms with E-state index in [1.807, 2.05) is 13.0 Å². The van der Waals surface area contributed by atoms with Crippen LogP contribution in [0.2, 0.25) is 0 Å². The molecule has 0 bridgehead atoms. The van der Waals surface area contributed by atoms with Gasteiger partial charge in [-0.05, 0) is 73.1 Å². The molecule has 2 aliphatic heterocycles. The molecule has 1 unspecified atom stereocenters. The lowest BCUT2D eigenvalue weighted by Crippen LogP contribution is -2.38. The molecule has 4 N–H and O–H groups in total. The first-order valence-electron chi connectivity index (χ1n) is 11.8. The molecule has 1 amide bonds. The number of rotatable bonds is 6. The van der Waals surface area contributed by atoms with Gasteiger partial charge >= 0.3 is 0 Å². The van der Waals surface area contributed by atoms with Crippen LogP contribution >= 0.6 is 11.0 Å². The highest BCUT2D eigenvalue weighted by molar-refractivity contribution is 8.26. The van der Waals surface area contributed by atoms with E-state index in [-0.39, 0.29) is 24.8 Å². The number of benzene rings is 1. The van der Waals surface area contributed by atoms with Crippen molar-refractivity contribution in [2.45, 2.75) is 38.7 Å². The van der Waals surface area contributed by atoms with Crippen molar-refractivity contribution < 1.29 is 22.7 Å². The van der Waals surface area contributed by atoms with Crippen molar-refractivity contribution in [3.8, 4) is 11.3 Å². The average Bonchev–Trinajstić information content (AvgIpc) is 3.38. The molecule has 1 saturated heterocycles. The minimum absolute atomic E-state index is 0.0505. The summed E-state index contributed by atoms with van der Waals surface area (Å²) in [6, 6.07) is 9.73. The fourth-order valence-corrected chi connectivity index (χ4v) is 6.41. The maximum Gasteiger partial charge on any atom is 0.253 e. The SMILES string of the molecule is Cc1ccc(CN2CCC(C(N)=O)CC2)cc1-c1ccc2c(n1)N(C)S(O)(O)N2CC1CC1(F)F. The molecule has 5 rings (SSSR count). The number of nitrogens with zero attached hydrogens (tertiary/aromatic N) is 4. The van der Waals surface area contributed by atoms with Crippen LogP contribution in [0.3, 0.4) is 0 Å². The molecule has 0 spiro atoms. The Labute approximate surface area is 205 Å². The zero-order valence-electron chi connectivity index (χ0n) is 19.8. The van der Waals surface area contributed by atoms with Gasteiger partial charge in [-0.2, -0.15) is 0 Å². The highest BCUT2D eigenvalue weighted by Crippen LogP contribution is 2.62. The van der Waals surface area contributed by atoms with Gasteiger partial charge in [-0.1, -0.05) is 12.1 Å². The number of nitrogens with two attached hydrogens (primary N) is 1. The van der Waals surface area contributed by atoms with E-state index < -0.39 is 22.8 Å². The van der Waals surface area contributed by atoms with Gasteiger partial charge in [0.15, 0.2) is 5.82 Å². The van der Waals surface area contributed by atoms with Crippen LogP contribution in [0.5, 0.6) is 0 Å². The Balaban J connectivity index is 1.37. The molecule has 11 heteroatoms. The molecule has 2 aromatic rings. The summed E-state index contributed by atoms with van der Waals surface area (Å²) >= 11 is 0. The summed E-state index contributed by atoms with van der Waals surface area (Å²) < 4.78 is 51.1. The van der Waals surface area contributed by atoms with Crippen LogP contribution < -0.4 is 14.3 Å². The first-order chi connectivity index (χ1) is 16.5. The Morgan fingerprint density at radius 2 is 1.91 bits per heavy atom. The number of alkyl halides is 2. The van der Waals surface area contributed by atoms with Gasteiger partial charge in [0.05, 0.1) is 5.69 Å². The third-order valence-corrected chi connectivity index (χ3v) is 9.25. The summed E-state index contributed by atoms with van der Waals surface area (Å²) in [5.74, 6) is -3.55. The Hall–Kier alpha value is -2.47. The topological polar surface area (TPSA) is 106 Å². The molecule has 190 valence electrons. The van der Waals surface area contributed by atoms with Crippen LogP contribution in [-0.4, -0.2) is 57.5 Å². The predicted molar refractivity (Wildman–Crippen MR) is 133 cm³/mol. The number of halogens is 2. The van der Waals surface area contributed by atoms with Gasteiger partial charge in [-0.15, -0.1) is 0 Å². The van der Waals surface area contributed by atoms with Crippen molar-refractivity contribution in [3.63, 3.8) is 0 Å². The van der Waals surface area contributed by atoms with Crippen LogP contribution in [0.1, 0.15) is 30.4 Å². The number of carbonyl (C=O) groups excluding carboxylic acids is 1. The first-order valence-corrected chi connectivity index (χ1v) is 13.2. The number of hydrogen-bond donors (Lipinski definition) is 3. The predicted octanol–water partition coefficient (Wildman–Crippen LogP) is 4.25. The van der Waals surface area contributed by atoms with Crippen molar-refractivity contribution >= 4 is 28.4 Å². The number of likely N-dealkylation sites (tertiary alicyclic amines) is 1. The molecule has 1 aromatic carbocycles. The van der Waals surface area contributed by atoms with Crippen molar-refractivity contribution in [2.75, 3.05) is 35.3 Å². The largest absolute Gasteiger partial charge is 0.369 e. The van der Waals surface area contributed by atoms with Crippen LogP contribution in [0.25, 0.3) is 11.3 Å². The zero-order chi connectivity index (χ0) is 25.1. The Bertz CT molecular complexity index is 1160. The lowest BCUT2D eigenvalue weighted by molar-refractivity contribution is -0.123. The molecular weight excluding hydrogens is 476 g/mol. The van der Waals surface area contributed by atoms with Crippen LogP contribution in [0.4, 0.5) is 20.3 Å². The van der Waals surface area contributed by atoms with Crippen molar-refractivity contribution in [3.05, 3.63) is 41.5 Å². The zero-order valence-corrected chi connectivity index (χ0v) is 20.6. The van der Waals surface area contributed by atoms with Gasteiger partial charge in [0.1, 0.15) is 5.69 Å². The monoisotopic (exact) mass is 507 g/mol. The number of primary amides is 1. The molecular formula is C24H31F2N5O3S. The third-order valence-electron chi connectivity index (χ3n) is 7.40. The maximum absolute atomic E-state index is 13.5. The van der Waals surface area contributed by atoms with Crippen molar-refractivity contribution in [2.24, 2.45) is 17.6 Å². The number of amides is 1. The molecule has 3 heterocycles. The quantitative estimate of drug-likeness (QED) is 0.537. The van der Waals surface area contributed by atoms with Gasteiger partial charge in [-0.3, -0.25) is 18.8 Å². The molecule has 35 heavy (non-hydrogen) atoms. The summed E-state index contributed by atoms with van der Waals surface area (Å²) in [5, 5.41) is 0. The Morgan fingerprint density at radius 3 is 2.54 bits per heavy atom. The molecule has 0 radical (unpaired) electrons. The van der Waals surface area contributed by atoms with Gasteiger partial charge in [-0.25, -0.2) is 22.4 Å². The number of pyridine rings is 1. The minimum Gasteiger partial charge on any atom is -0.369 e. The van der Waals surface area contributed by atoms with Gasteiger partial charge in [0.2, 0.25) is 5.91 Å². The molecule has 1 atom stereocenters. The fraction of sp³-hybridized carbons (Fsp3) is 0.500. The maximum atomic E-state index is 13.5. The van der Waals surface area contributed by atoms with E-state index in [1.165, 1.54) is 15.7 Å². The smallest absolute Gasteiger partial charge is 0.253 e. The molecule has 1 aliphatic carbocycles. The molecule has 8 nitrogen and oxygen atoms in total. The normalized spacial score (nSPS) is 24.3. The van der Waals surface area contributed by atoms with Gasteiger partial charge in [0.25, 0.3) is 5.92 Å². The summed E-state index contributed by atoms with van der Waals surface area (Å²) in [4.78, 5) is 18.5. The second-order valence-electron chi connectivity index (χ2n) is 9.85. The summed E-state index contributed by atoms with van der Waals surface area (Å²) in [7, 11) is -1.92. The molecule has 1 saturated carbocycles. The lowest BCUT2D eigenvalue weighted by atomic mass is 9.95. The second-order valence-corrected chi connectivity index (χ2v) is 11.8. The van der Waals surface area contributed by atoms with E-state index in [9.17, 15) is 22.7 Å². The summed E-state index contributed by atoms with van der Waals surface area (Å²) in [6.07, 6.45) is 1.29. The second kappa shape index (κ2) is 8.58. The van der Waals surface area contributed by atoms with Gasteiger partial charge in [0, 0.05) is 44.0 Å². The van der Waals surface area contributed by atoms with E-state index >= 15 is 0 Å². The Morgan fingerprint density at radius 1 is 1.23 bits per heavy atom. The molecule has 1 aromatic heterocycles. The van der Waals surface area contributed by atoms with Gasteiger partial charge < -0.3 is 5.73 Å². The van der Waals surface area contributed by atoms with Crippen molar-refractivity contribution in [1.82, 2.24) is 9.88 Å². The fourth-order valence-electron chi connectivity index (χ4n) is 4.96. The van der Waals surface area contributed by atoms with Crippen LogP contribution in [-0.2, 0) is 11.3 Å². The standard InChI is InChI=1S/C24H31F2N5O3S/c1-15-3-4-16(13-30-9-7-17(8-10-30)22(27)32)11-19(15)20-5-6-21-23(28-20)29(2)35(33,34)31(21)14-18-12-24(18,25)26/h3-6,11,17-18,33-34H,7-10,12-14H2,1-2H3,(H2,27,32). The summed E-state index contributed by atoms with van der Waals surface area (Å²) in [5.41, 5.74) is 9.63. The van der Waals surface area contributed by atoms with Crippen LogP contribution in [0, 0.1) is 18.8 Å². The minimum atomic E-state index is -3.45. The molecule has 3 aliphatic rings. The molecule has 2 fully saturated rings. The highest BCUT2D eigenvalue weighted by atomic mass is 32.3. The van der Waals surface area contributed by atoms with Crippen LogP contribution in [0.15, 0.2) is 30.3 Å². The summed E-state index contributed by atoms with van der Waals surface area (Å²) in [6.45, 7) is 4.23. The number of hydrogen-bond acceptors (Lipinski definition) is 7. The number of anilines is 2. The number of fused-ring (bicyclic) bond motifs is 1. The van der Waals surface area contributed by atoms with E-state index in [0.29, 0.717) is 17.2 Å². The highest BCUT2D eigenvalue weighted by Gasteiger charge is 2.59. The average molecular weight is 508 g/mol. The van der Waals surface area contributed by atoms with E-state index in [1.54, 1.807) is 12.1 Å². The number of piperidine rings is 1. The van der Waals surface area contributed by atoms with E-state index in [2.05, 4.69) is 17.0 Å². The van der Waals surface area contributed by atoms with E-state index in [4.69, 9.17) is 10.7 Å². The van der Waals surface area contributed by atoms with E-state index in [0.717, 1.165) is 49.2 Å². The van der Waals surface area contributed by atoms with Crippen molar-refractivity contribution in [1.29, 1.82) is 0 Å². The number of aromatic nitrogens is 1. The number of aryl methyl sites for hydroxylation is 1. The number of carbonyl (C=O) groups is 1.